The van der Waals surface area contributed by atoms with Crippen molar-refractivity contribution >= 4 is 33.9 Å². The molecule has 2 aromatic carbocycles. The minimum atomic E-state index is -0.207. The lowest BCUT2D eigenvalue weighted by molar-refractivity contribution is 0.172. The first-order chi connectivity index (χ1) is 14.9. The van der Waals surface area contributed by atoms with E-state index in [4.69, 9.17) is 21.7 Å². The number of hydrogen-bond donors (Lipinski definition) is 3. The van der Waals surface area contributed by atoms with Gasteiger partial charge in [-0.3, -0.25) is 4.79 Å². The molecule has 0 unspecified atom stereocenters. The van der Waals surface area contributed by atoms with Crippen molar-refractivity contribution in [1.82, 2.24) is 9.88 Å². The predicted octanol–water partition coefficient (Wildman–Crippen LogP) is 3.11. The van der Waals surface area contributed by atoms with Crippen LogP contribution in [0.25, 0.3) is 10.9 Å². The second-order valence-corrected chi connectivity index (χ2v) is 7.99. The molecular weight excluding hydrogens is 414 g/mol. The molecule has 7 nitrogen and oxygen atoms in total. The number of fused-ring (bicyclic) bond motifs is 2. The van der Waals surface area contributed by atoms with Crippen LogP contribution in [-0.4, -0.2) is 46.5 Å². The standard InChI is InChI=1S/C23H25N3O4S/c1-14-3-4-15(2)18(9-14)25-23(31)26(5-6-27)13-17-10-16-11-20-21(30-8-7-29-20)12-19(16)24-22(17)28/h3-4,9-12,27H,5-8,13H2,1-2H3,(H,24,28)(H,25,31). The quantitative estimate of drug-likeness (QED) is 0.527. The first-order valence-corrected chi connectivity index (χ1v) is 10.5. The van der Waals surface area contributed by atoms with Gasteiger partial charge in [-0.15, -0.1) is 0 Å². The molecule has 0 spiro atoms. The first kappa shape index (κ1) is 21.1. The largest absolute Gasteiger partial charge is 0.486 e. The number of nitrogens with zero attached hydrogens (tertiary/aromatic N) is 1. The van der Waals surface area contributed by atoms with Crippen LogP contribution in [0, 0.1) is 13.8 Å². The molecule has 2 heterocycles. The number of aliphatic hydroxyl groups excluding tert-OH is 1. The molecule has 0 saturated heterocycles. The number of ether oxygens (including phenoxy) is 2. The van der Waals surface area contributed by atoms with Crippen LogP contribution >= 0.6 is 12.2 Å². The van der Waals surface area contributed by atoms with E-state index in [1.165, 1.54) is 0 Å². The Bertz CT molecular complexity index is 1190. The Morgan fingerprint density at radius 1 is 1.16 bits per heavy atom. The zero-order valence-corrected chi connectivity index (χ0v) is 18.3. The average molecular weight is 440 g/mol. The van der Waals surface area contributed by atoms with E-state index in [0.29, 0.717) is 47.5 Å². The van der Waals surface area contributed by atoms with E-state index in [-0.39, 0.29) is 18.7 Å². The summed E-state index contributed by atoms with van der Waals surface area (Å²) in [6, 6.07) is 11.6. The van der Waals surface area contributed by atoms with Crippen LogP contribution in [0.5, 0.6) is 11.5 Å². The molecule has 0 saturated carbocycles. The minimum absolute atomic E-state index is 0.0845. The number of pyridine rings is 1. The summed E-state index contributed by atoms with van der Waals surface area (Å²) in [7, 11) is 0. The zero-order chi connectivity index (χ0) is 22.0. The Balaban J connectivity index is 1.61. The zero-order valence-electron chi connectivity index (χ0n) is 17.5. The number of thiocarbonyl (C=S) groups is 1. The second kappa shape index (κ2) is 8.95. The van der Waals surface area contributed by atoms with Crippen molar-refractivity contribution in [2.45, 2.75) is 20.4 Å². The Morgan fingerprint density at radius 2 is 1.90 bits per heavy atom. The molecule has 3 aromatic rings. The fraction of sp³-hybridized carbons (Fsp3) is 0.304. The van der Waals surface area contributed by atoms with E-state index in [9.17, 15) is 9.90 Å². The third-order valence-corrected chi connectivity index (χ3v) is 5.60. The lowest BCUT2D eigenvalue weighted by Crippen LogP contribution is -2.38. The molecule has 0 amide bonds. The summed E-state index contributed by atoms with van der Waals surface area (Å²) in [5, 5.41) is 14.1. The van der Waals surface area contributed by atoms with E-state index >= 15 is 0 Å². The van der Waals surface area contributed by atoms with Crippen molar-refractivity contribution < 1.29 is 14.6 Å². The van der Waals surface area contributed by atoms with Gasteiger partial charge in [0.05, 0.1) is 18.7 Å². The van der Waals surface area contributed by atoms with Gasteiger partial charge in [-0.25, -0.2) is 0 Å². The fourth-order valence-corrected chi connectivity index (χ4v) is 3.81. The SMILES string of the molecule is Cc1ccc(C)c(NC(=S)N(CCO)Cc2cc3cc4c(cc3[nH]c2=O)OCCO4)c1. The number of anilines is 1. The summed E-state index contributed by atoms with van der Waals surface area (Å²) >= 11 is 5.60. The molecule has 0 bridgehead atoms. The molecular formula is C23H25N3O4S. The highest BCUT2D eigenvalue weighted by molar-refractivity contribution is 7.80. The van der Waals surface area contributed by atoms with E-state index in [1.54, 1.807) is 11.0 Å². The van der Waals surface area contributed by atoms with Crippen molar-refractivity contribution in [2.24, 2.45) is 0 Å². The molecule has 0 aliphatic carbocycles. The molecule has 162 valence electrons. The molecule has 1 aromatic heterocycles. The molecule has 1 aliphatic heterocycles. The molecule has 3 N–H and O–H groups in total. The van der Waals surface area contributed by atoms with Crippen molar-refractivity contribution in [3.8, 4) is 11.5 Å². The van der Waals surface area contributed by atoms with Crippen molar-refractivity contribution in [3.63, 3.8) is 0 Å². The van der Waals surface area contributed by atoms with Crippen LogP contribution in [0.1, 0.15) is 16.7 Å². The lowest BCUT2D eigenvalue weighted by Gasteiger charge is -2.26. The van der Waals surface area contributed by atoms with Crippen molar-refractivity contribution in [3.05, 3.63) is 63.4 Å². The number of nitrogens with one attached hydrogen (secondary N) is 2. The smallest absolute Gasteiger partial charge is 0.253 e. The normalized spacial score (nSPS) is 12.6. The number of aryl methyl sites for hydroxylation is 2. The predicted molar refractivity (Wildman–Crippen MR) is 125 cm³/mol. The molecule has 31 heavy (non-hydrogen) atoms. The molecule has 1 aliphatic rings. The van der Waals surface area contributed by atoms with Crippen LogP contribution in [0.2, 0.25) is 0 Å². The van der Waals surface area contributed by atoms with E-state index < -0.39 is 0 Å². The maximum Gasteiger partial charge on any atom is 0.253 e. The molecule has 8 heteroatoms. The Hall–Kier alpha value is -3.10. The molecule has 0 fully saturated rings. The Labute approximate surface area is 185 Å². The summed E-state index contributed by atoms with van der Waals surface area (Å²) in [5.74, 6) is 1.29. The Morgan fingerprint density at radius 3 is 2.65 bits per heavy atom. The van der Waals surface area contributed by atoms with E-state index in [1.807, 2.05) is 44.2 Å². The number of benzene rings is 2. The Kier molecular flexibility index (Phi) is 6.11. The van der Waals surface area contributed by atoms with Gasteiger partial charge in [-0.2, -0.15) is 0 Å². The van der Waals surface area contributed by atoms with Gasteiger partial charge < -0.3 is 29.8 Å². The highest BCUT2D eigenvalue weighted by Crippen LogP contribution is 2.33. The highest BCUT2D eigenvalue weighted by Gasteiger charge is 2.17. The van der Waals surface area contributed by atoms with Crippen LogP contribution < -0.4 is 20.3 Å². The number of hydrogen-bond acceptors (Lipinski definition) is 5. The second-order valence-electron chi connectivity index (χ2n) is 7.60. The fourth-order valence-electron chi connectivity index (χ4n) is 3.55. The van der Waals surface area contributed by atoms with Gasteiger partial charge in [-0.1, -0.05) is 12.1 Å². The summed E-state index contributed by atoms with van der Waals surface area (Å²) in [5.41, 5.74) is 4.11. The van der Waals surface area contributed by atoms with Gasteiger partial charge in [0.2, 0.25) is 0 Å². The average Bonchev–Trinajstić information content (AvgIpc) is 2.75. The number of aromatic nitrogens is 1. The number of aliphatic hydroxyl groups is 1. The van der Waals surface area contributed by atoms with Gasteiger partial charge in [0, 0.05) is 29.2 Å². The van der Waals surface area contributed by atoms with Crippen LogP contribution in [0.3, 0.4) is 0 Å². The number of rotatable bonds is 5. The van der Waals surface area contributed by atoms with Gasteiger partial charge in [-0.05, 0) is 55.4 Å². The maximum atomic E-state index is 12.7. The maximum absolute atomic E-state index is 12.7. The highest BCUT2D eigenvalue weighted by atomic mass is 32.1. The first-order valence-electron chi connectivity index (χ1n) is 10.1. The van der Waals surface area contributed by atoms with Crippen molar-refractivity contribution in [2.75, 3.05) is 31.7 Å². The summed E-state index contributed by atoms with van der Waals surface area (Å²) in [4.78, 5) is 17.4. The van der Waals surface area contributed by atoms with Gasteiger partial charge >= 0.3 is 0 Å². The molecule has 0 atom stereocenters. The topological polar surface area (TPSA) is 86.8 Å². The number of aromatic amines is 1. The molecule has 4 rings (SSSR count). The third-order valence-electron chi connectivity index (χ3n) is 5.24. The summed E-state index contributed by atoms with van der Waals surface area (Å²) in [6.45, 7) is 5.48. The summed E-state index contributed by atoms with van der Waals surface area (Å²) in [6.07, 6.45) is 0. The van der Waals surface area contributed by atoms with Gasteiger partial charge in [0.25, 0.3) is 5.56 Å². The van der Waals surface area contributed by atoms with Crippen LogP contribution in [0.15, 0.2) is 41.2 Å². The van der Waals surface area contributed by atoms with Gasteiger partial charge in [0.1, 0.15) is 13.2 Å². The van der Waals surface area contributed by atoms with E-state index in [0.717, 1.165) is 22.2 Å². The third kappa shape index (κ3) is 4.65. The summed E-state index contributed by atoms with van der Waals surface area (Å²) < 4.78 is 11.3. The van der Waals surface area contributed by atoms with Crippen LogP contribution in [-0.2, 0) is 6.54 Å². The monoisotopic (exact) mass is 439 g/mol. The van der Waals surface area contributed by atoms with Crippen LogP contribution in [0.4, 0.5) is 5.69 Å². The molecule has 0 radical (unpaired) electrons. The van der Waals surface area contributed by atoms with Gasteiger partial charge in [0.15, 0.2) is 16.6 Å². The van der Waals surface area contributed by atoms with Crippen molar-refractivity contribution in [1.29, 1.82) is 0 Å². The minimum Gasteiger partial charge on any atom is -0.486 e. The lowest BCUT2D eigenvalue weighted by atomic mass is 10.1. The number of H-pyrrole nitrogens is 1. The van der Waals surface area contributed by atoms with E-state index in [2.05, 4.69) is 10.3 Å².